The van der Waals surface area contributed by atoms with E-state index in [-0.39, 0.29) is 23.9 Å². The van der Waals surface area contributed by atoms with Crippen molar-refractivity contribution in [2.24, 2.45) is 5.73 Å². The normalized spacial score (nSPS) is 21.3. The lowest BCUT2D eigenvalue weighted by atomic mass is 9.93. The minimum absolute atomic E-state index is 0.105. The fourth-order valence-corrected chi connectivity index (χ4v) is 3.82. The third-order valence-corrected chi connectivity index (χ3v) is 5.58. The number of sulfonamides is 1. The summed E-state index contributed by atoms with van der Waals surface area (Å²) >= 11 is 0. The Kier molecular flexibility index (Phi) is 5.74. The highest BCUT2D eigenvalue weighted by molar-refractivity contribution is 7.89. The second-order valence-electron chi connectivity index (χ2n) is 5.63. The molecule has 0 saturated carbocycles. The summed E-state index contributed by atoms with van der Waals surface area (Å²) in [5.74, 6) is -0.123. The molecule has 1 heterocycles. The first kappa shape index (κ1) is 17.9. The molecule has 1 aromatic rings. The summed E-state index contributed by atoms with van der Waals surface area (Å²) in [6.45, 7) is 3.18. The van der Waals surface area contributed by atoms with Crippen molar-refractivity contribution >= 4 is 21.6 Å². The first-order valence-electron chi connectivity index (χ1n) is 7.80. The van der Waals surface area contributed by atoms with Crippen LogP contribution in [-0.2, 0) is 14.8 Å². The van der Waals surface area contributed by atoms with Gasteiger partial charge in [0.15, 0.2) is 0 Å². The molecule has 5 N–H and O–H groups in total. The number of nitrogens with one attached hydrogen (secondary N) is 3. The van der Waals surface area contributed by atoms with E-state index in [0.29, 0.717) is 12.1 Å². The monoisotopic (exact) mass is 340 g/mol. The van der Waals surface area contributed by atoms with E-state index < -0.39 is 15.6 Å². The molecular formula is C15H24N4O3S. The lowest BCUT2D eigenvalue weighted by Gasteiger charge is -2.26. The van der Waals surface area contributed by atoms with Crippen LogP contribution in [0.4, 0.5) is 5.69 Å². The van der Waals surface area contributed by atoms with E-state index in [4.69, 9.17) is 5.73 Å². The van der Waals surface area contributed by atoms with Crippen molar-refractivity contribution < 1.29 is 13.2 Å². The van der Waals surface area contributed by atoms with Crippen molar-refractivity contribution in [2.45, 2.75) is 36.6 Å². The first-order chi connectivity index (χ1) is 10.9. The molecule has 0 radical (unpaired) electrons. The van der Waals surface area contributed by atoms with E-state index in [1.165, 1.54) is 12.1 Å². The predicted octanol–water partition coefficient (Wildman–Crippen LogP) is 0.394. The fourth-order valence-electron chi connectivity index (χ4n) is 2.73. The summed E-state index contributed by atoms with van der Waals surface area (Å²) in [6.07, 6.45) is 2.43. The molecule has 0 aromatic heterocycles. The number of benzene rings is 1. The SMILES string of the molecule is CCC1(C(=O)Nc2cccc(S(=O)(=O)NCCN)c2)CCCN1. The molecule has 128 valence electrons. The van der Waals surface area contributed by atoms with Gasteiger partial charge in [-0.3, -0.25) is 4.79 Å². The summed E-state index contributed by atoms with van der Waals surface area (Å²) in [5.41, 5.74) is 5.22. The molecule has 1 aliphatic heterocycles. The van der Waals surface area contributed by atoms with Crippen molar-refractivity contribution in [1.82, 2.24) is 10.0 Å². The van der Waals surface area contributed by atoms with Crippen molar-refractivity contribution in [3.05, 3.63) is 24.3 Å². The highest BCUT2D eigenvalue weighted by Crippen LogP contribution is 2.25. The van der Waals surface area contributed by atoms with Gasteiger partial charge in [0.1, 0.15) is 0 Å². The van der Waals surface area contributed by atoms with Crippen LogP contribution in [0.15, 0.2) is 29.2 Å². The Bertz CT molecular complexity index is 654. The molecule has 1 atom stereocenters. The van der Waals surface area contributed by atoms with Crippen molar-refractivity contribution in [3.63, 3.8) is 0 Å². The molecule has 23 heavy (non-hydrogen) atoms. The van der Waals surface area contributed by atoms with Crippen LogP contribution >= 0.6 is 0 Å². The standard InChI is InChI=1S/C15H24N4O3S/c1-2-15(7-4-9-17-15)14(20)19-12-5-3-6-13(11-12)23(21,22)18-10-8-16/h3,5-6,11,17-18H,2,4,7-10,16H2,1H3,(H,19,20). The average molecular weight is 340 g/mol. The van der Waals surface area contributed by atoms with E-state index in [1.54, 1.807) is 12.1 Å². The highest BCUT2D eigenvalue weighted by Gasteiger charge is 2.39. The van der Waals surface area contributed by atoms with Gasteiger partial charge in [-0.15, -0.1) is 0 Å². The molecular weight excluding hydrogens is 316 g/mol. The van der Waals surface area contributed by atoms with Gasteiger partial charge in [0.2, 0.25) is 15.9 Å². The van der Waals surface area contributed by atoms with Gasteiger partial charge in [-0.25, -0.2) is 13.1 Å². The molecule has 0 aliphatic carbocycles. The number of amides is 1. The Morgan fingerprint density at radius 2 is 2.22 bits per heavy atom. The Morgan fingerprint density at radius 3 is 2.83 bits per heavy atom. The molecule has 7 nitrogen and oxygen atoms in total. The van der Waals surface area contributed by atoms with Gasteiger partial charge in [0.25, 0.3) is 0 Å². The Labute approximate surface area is 137 Å². The number of rotatable bonds is 7. The highest BCUT2D eigenvalue weighted by atomic mass is 32.2. The molecule has 0 bridgehead atoms. The van der Waals surface area contributed by atoms with Gasteiger partial charge in [0, 0.05) is 18.8 Å². The van der Waals surface area contributed by atoms with Crippen LogP contribution in [0.25, 0.3) is 0 Å². The third kappa shape index (κ3) is 4.08. The Morgan fingerprint density at radius 1 is 1.43 bits per heavy atom. The molecule has 1 unspecified atom stereocenters. The molecule has 1 fully saturated rings. The summed E-state index contributed by atoms with van der Waals surface area (Å²) < 4.78 is 26.6. The maximum atomic E-state index is 12.5. The maximum absolute atomic E-state index is 12.5. The maximum Gasteiger partial charge on any atom is 0.244 e. The summed E-state index contributed by atoms with van der Waals surface area (Å²) in [6, 6.07) is 6.22. The lowest BCUT2D eigenvalue weighted by Crippen LogP contribution is -2.50. The van der Waals surface area contributed by atoms with Gasteiger partial charge >= 0.3 is 0 Å². The molecule has 1 aliphatic rings. The van der Waals surface area contributed by atoms with E-state index in [2.05, 4.69) is 15.4 Å². The molecule has 1 aromatic carbocycles. The van der Waals surface area contributed by atoms with Crippen LogP contribution in [0.5, 0.6) is 0 Å². The predicted molar refractivity (Wildman–Crippen MR) is 89.6 cm³/mol. The van der Waals surface area contributed by atoms with Crippen molar-refractivity contribution in [3.8, 4) is 0 Å². The Hall–Kier alpha value is -1.48. The van der Waals surface area contributed by atoms with Crippen LogP contribution in [0.3, 0.4) is 0 Å². The number of anilines is 1. The van der Waals surface area contributed by atoms with Gasteiger partial charge in [-0.1, -0.05) is 13.0 Å². The first-order valence-corrected chi connectivity index (χ1v) is 9.28. The zero-order valence-electron chi connectivity index (χ0n) is 13.3. The van der Waals surface area contributed by atoms with Crippen LogP contribution in [0.1, 0.15) is 26.2 Å². The van der Waals surface area contributed by atoms with Gasteiger partial charge in [-0.2, -0.15) is 0 Å². The zero-order chi connectivity index (χ0) is 16.9. The van der Waals surface area contributed by atoms with E-state index in [9.17, 15) is 13.2 Å². The zero-order valence-corrected chi connectivity index (χ0v) is 14.1. The third-order valence-electron chi connectivity index (χ3n) is 4.12. The second-order valence-corrected chi connectivity index (χ2v) is 7.40. The fraction of sp³-hybridized carbons (Fsp3) is 0.533. The molecule has 1 amide bonds. The van der Waals surface area contributed by atoms with Gasteiger partial charge in [0.05, 0.1) is 10.4 Å². The minimum atomic E-state index is -3.62. The molecule has 8 heteroatoms. The molecule has 0 spiro atoms. The van der Waals surface area contributed by atoms with Gasteiger partial charge < -0.3 is 16.4 Å². The summed E-state index contributed by atoms with van der Waals surface area (Å²) in [4.78, 5) is 12.7. The van der Waals surface area contributed by atoms with E-state index in [1.807, 2.05) is 6.92 Å². The van der Waals surface area contributed by atoms with Crippen LogP contribution in [-0.4, -0.2) is 39.5 Å². The summed E-state index contributed by atoms with van der Waals surface area (Å²) in [7, 11) is -3.62. The number of carbonyl (C=O) groups excluding carboxylic acids is 1. The molecule has 1 saturated heterocycles. The van der Waals surface area contributed by atoms with E-state index in [0.717, 1.165) is 19.4 Å². The smallest absolute Gasteiger partial charge is 0.244 e. The molecule has 2 rings (SSSR count). The quantitative estimate of drug-likeness (QED) is 0.574. The number of hydrogen-bond donors (Lipinski definition) is 4. The van der Waals surface area contributed by atoms with Crippen LogP contribution < -0.4 is 21.1 Å². The van der Waals surface area contributed by atoms with Crippen molar-refractivity contribution in [1.29, 1.82) is 0 Å². The number of hydrogen-bond acceptors (Lipinski definition) is 5. The van der Waals surface area contributed by atoms with Crippen LogP contribution in [0, 0.1) is 0 Å². The second kappa shape index (κ2) is 7.39. The minimum Gasteiger partial charge on any atom is -0.329 e. The topological polar surface area (TPSA) is 113 Å². The number of carbonyl (C=O) groups is 1. The average Bonchev–Trinajstić information content (AvgIpc) is 3.03. The van der Waals surface area contributed by atoms with Gasteiger partial charge in [-0.05, 0) is 44.0 Å². The summed E-state index contributed by atoms with van der Waals surface area (Å²) in [5, 5.41) is 6.08. The van der Waals surface area contributed by atoms with Crippen LogP contribution in [0.2, 0.25) is 0 Å². The largest absolute Gasteiger partial charge is 0.329 e. The number of nitrogens with two attached hydrogens (primary N) is 1. The lowest BCUT2D eigenvalue weighted by molar-refractivity contribution is -0.122. The Balaban J connectivity index is 2.15. The van der Waals surface area contributed by atoms with Crippen molar-refractivity contribution in [2.75, 3.05) is 25.0 Å². The van der Waals surface area contributed by atoms with E-state index >= 15 is 0 Å².